The van der Waals surface area contributed by atoms with Crippen LogP contribution in [-0.2, 0) is 34.7 Å². The van der Waals surface area contributed by atoms with Crippen LogP contribution in [0.5, 0.6) is 0 Å². The lowest BCUT2D eigenvalue weighted by Crippen LogP contribution is -2.59. The number of carbonyl (C=O) groups excluding carboxylic acids is 2. The smallest absolute Gasteiger partial charge is 0.434 e. The third-order valence-corrected chi connectivity index (χ3v) is 5.54. The van der Waals surface area contributed by atoms with Crippen molar-refractivity contribution in [1.82, 2.24) is 4.98 Å². The molecule has 0 spiro atoms. The van der Waals surface area contributed by atoms with Crippen molar-refractivity contribution in [2.75, 3.05) is 13.7 Å². The number of nitrogens with zero attached hydrogens (tertiary/aromatic N) is 4. The summed E-state index contributed by atoms with van der Waals surface area (Å²) in [6.07, 6.45) is -7.47. The highest BCUT2D eigenvalue weighted by Crippen LogP contribution is 2.42. The SMILES string of the molecule is COC1C(N=[N+]=[N-])[C@@H](OC(C)=O)C(COC(C)=O)O[C@@H]1Sc1cc(Cl)cnc1C(F)(F)F. The zero-order valence-corrected chi connectivity index (χ0v) is 18.5. The van der Waals surface area contributed by atoms with Gasteiger partial charge in [-0.2, -0.15) is 13.2 Å². The van der Waals surface area contributed by atoms with Crippen molar-refractivity contribution < 1.29 is 41.7 Å². The second kappa shape index (κ2) is 11.1. The summed E-state index contributed by atoms with van der Waals surface area (Å²) in [6.45, 7) is 1.82. The summed E-state index contributed by atoms with van der Waals surface area (Å²) in [7, 11) is 1.22. The molecule has 1 fully saturated rings. The molecule has 1 saturated heterocycles. The van der Waals surface area contributed by atoms with E-state index in [9.17, 15) is 22.8 Å². The number of azide groups is 1. The molecule has 0 aromatic carbocycles. The number of thioether (sulfide) groups is 1. The number of alkyl halides is 3. The highest BCUT2D eigenvalue weighted by Gasteiger charge is 2.49. The van der Waals surface area contributed by atoms with Crippen molar-refractivity contribution in [3.63, 3.8) is 0 Å². The molecular weight excluding hydrogens is 481 g/mol. The van der Waals surface area contributed by atoms with E-state index in [-0.39, 0.29) is 9.92 Å². The van der Waals surface area contributed by atoms with Gasteiger partial charge in [0.25, 0.3) is 0 Å². The maximum atomic E-state index is 13.4. The highest BCUT2D eigenvalue weighted by molar-refractivity contribution is 7.99. The molecule has 1 aliphatic heterocycles. The Kier molecular flexibility index (Phi) is 8.98. The third-order valence-electron chi connectivity index (χ3n) is 4.16. The molecule has 2 rings (SSSR count). The van der Waals surface area contributed by atoms with Crippen molar-refractivity contribution in [3.05, 3.63) is 33.4 Å². The fourth-order valence-corrected chi connectivity index (χ4v) is 4.50. The van der Waals surface area contributed by atoms with Crippen LogP contribution in [0.1, 0.15) is 19.5 Å². The Labute approximate surface area is 189 Å². The van der Waals surface area contributed by atoms with Gasteiger partial charge in [0.2, 0.25) is 0 Å². The number of hydrogen-bond acceptors (Lipinski definition) is 9. The summed E-state index contributed by atoms with van der Waals surface area (Å²) in [6, 6.07) is -0.151. The van der Waals surface area contributed by atoms with E-state index in [4.69, 9.17) is 36.1 Å². The van der Waals surface area contributed by atoms with E-state index in [1.165, 1.54) is 7.11 Å². The minimum atomic E-state index is -4.79. The van der Waals surface area contributed by atoms with Crippen LogP contribution in [0.25, 0.3) is 10.4 Å². The van der Waals surface area contributed by atoms with Crippen LogP contribution in [0.3, 0.4) is 0 Å². The van der Waals surface area contributed by atoms with E-state index >= 15 is 0 Å². The molecule has 0 saturated carbocycles. The quantitative estimate of drug-likeness (QED) is 0.240. The Morgan fingerprint density at radius 2 is 2.03 bits per heavy atom. The average Bonchev–Trinajstić information content (AvgIpc) is 2.67. The van der Waals surface area contributed by atoms with Crippen molar-refractivity contribution >= 4 is 35.3 Å². The molecule has 15 heteroatoms. The number of ether oxygens (including phenoxy) is 4. The first-order valence-electron chi connectivity index (χ1n) is 8.90. The van der Waals surface area contributed by atoms with Gasteiger partial charge < -0.3 is 18.9 Å². The molecule has 1 aliphatic rings. The van der Waals surface area contributed by atoms with Gasteiger partial charge in [0, 0.05) is 37.0 Å². The predicted molar refractivity (Wildman–Crippen MR) is 105 cm³/mol. The first kappa shape index (κ1) is 26.0. The zero-order valence-electron chi connectivity index (χ0n) is 16.9. The first-order chi connectivity index (χ1) is 15.0. The molecule has 2 heterocycles. The number of halogens is 4. The van der Waals surface area contributed by atoms with Crippen LogP contribution in [0.4, 0.5) is 13.2 Å². The normalized spacial score (nSPS) is 25.5. The minimum Gasteiger partial charge on any atom is -0.463 e. The van der Waals surface area contributed by atoms with Crippen molar-refractivity contribution in [3.8, 4) is 0 Å². The van der Waals surface area contributed by atoms with E-state index in [0.29, 0.717) is 11.8 Å². The predicted octanol–water partition coefficient (Wildman–Crippen LogP) is 3.76. The molecule has 1 aromatic rings. The van der Waals surface area contributed by atoms with Crippen LogP contribution < -0.4 is 0 Å². The molecule has 32 heavy (non-hydrogen) atoms. The summed E-state index contributed by atoms with van der Waals surface area (Å²) in [5, 5.41) is 3.56. The van der Waals surface area contributed by atoms with E-state index in [0.717, 1.165) is 26.1 Å². The lowest BCUT2D eigenvalue weighted by Gasteiger charge is -2.43. The van der Waals surface area contributed by atoms with Gasteiger partial charge in [-0.15, -0.1) is 0 Å². The Morgan fingerprint density at radius 3 is 2.56 bits per heavy atom. The second-order valence-corrected chi connectivity index (χ2v) is 8.01. The maximum absolute atomic E-state index is 13.4. The number of carbonyl (C=O) groups is 2. The number of rotatable bonds is 7. The fourth-order valence-electron chi connectivity index (χ4n) is 2.95. The van der Waals surface area contributed by atoms with Gasteiger partial charge in [0.05, 0.1) is 5.02 Å². The van der Waals surface area contributed by atoms with Crippen LogP contribution in [-0.4, -0.2) is 60.4 Å². The van der Waals surface area contributed by atoms with Gasteiger partial charge in [-0.05, 0) is 11.6 Å². The summed E-state index contributed by atoms with van der Waals surface area (Å²) in [5.41, 5.74) is 6.60. The van der Waals surface area contributed by atoms with Gasteiger partial charge in [0.15, 0.2) is 5.69 Å². The maximum Gasteiger partial charge on any atom is 0.434 e. The summed E-state index contributed by atoms with van der Waals surface area (Å²) in [5.74, 6) is -1.42. The topological polar surface area (TPSA) is 133 Å². The third kappa shape index (κ3) is 6.62. The molecule has 0 N–H and O–H groups in total. The highest BCUT2D eigenvalue weighted by atomic mass is 35.5. The van der Waals surface area contributed by atoms with Crippen LogP contribution in [0.15, 0.2) is 22.3 Å². The molecule has 0 bridgehead atoms. The average molecular weight is 499 g/mol. The number of hydrogen-bond donors (Lipinski definition) is 0. The minimum absolute atomic E-state index is 0.0499. The van der Waals surface area contributed by atoms with Gasteiger partial charge >= 0.3 is 18.1 Å². The summed E-state index contributed by atoms with van der Waals surface area (Å²) in [4.78, 5) is 28.6. The van der Waals surface area contributed by atoms with Gasteiger partial charge in [-0.1, -0.05) is 28.5 Å². The molecule has 5 atom stereocenters. The molecule has 1 aromatic heterocycles. The monoisotopic (exact) mass is 498 g/mol. The summed E-state index contributed by atoms with van der Waals surface area (Å²) >= 11 is 6.41. The van der Waals surface area contributed by atoms with Crippen molar-refractivity contribution in [2.45, 2.75) is 54.7 Å². The fraction of sp³-hybridized carbons (Fsp3) is 0.588. The Morgan fingerprint density at radius 1 is 1.34 bits per heavy atom. The molecule has 0 radical (unpaired) electrons. The van der Waals surface area contributed by atoms with Gasteiger partial charge in [-0.3, -0.25) is 9.59 Å². The van der Waals surface area contributed by atoms with Gasteiger partial charge in [0.1, 0.15) is 36.4 Å². The summed E-state index contributed by atoms with van der Waals surface area (Å²) < 4.78 is 61.6. The van der Waals surface area contributed by atoms with Crippen LogP contribution in [0.2, 0.25) is 5.02 Å². The first-order valence-corrected chi connectivity index (χ1v) is 10.2. The zero-order chi connectivity index (χ0) is 24.1. The number of methoxy groups -OCH3 is 1. The number of esters is 2. The van der Waals surface area contributed by atoms with Crippen molar-refractivity contribution in [2.24, 2.45) is 5.11 Å². The lowest BCUT2D eigenvalue weighted by atomic mass is 9.97. The Hall–Kier alpha value is -2.25. The standard InChI is InChI=1S/C17H18ClF3N4O6S/c1-7(26)29-6-10-13(30-8(2)27)12(24-25-22)14(28-3)16(31-10)32-11-4-9(18)5-23-15(11)17(19,20)21/h4-5,10,12-14,16H,6H2,1-3H3/t10?,12?,13-,14?,16+/m0/s1. The molecule has 176 valence electrons. The van der Waals surface area contributed by atoms with Gasteiger partial charge in [-0.25, -0.2) is 4.98 Å². The number of pyridine rings is 1. The lowest BCUT2D eigenvalue weighted by molar-refractivity contribution is -0.196. The second-order valence-electron chi connectivity index (χ2n) is 6.43. The molecule has 10 nitrogen and oxygen atoms in total. The van der Waals surface area contributed by atoms with Crippen LogP contribution in [0, 0.1) is 0 Å². The molecule has 0 aliphatic carbocycles. The van der Waals surface area contributed by atoms with Crippen LogP contribution >= 0.6 is 23.4 Å². The molecule has 0 amide bonds. The largest absolute Gasteiger partial charge is 0.463 e. The van der Waals surface area contributed by atoms with Crippen molar-refractivity contribution in [1.29, 1.82) is 0 Å². The molecular formula is C17H18ClF3N4O6S. The van der Waals surface area contributed by atoms with E-state index in [2.05, 4.69) is 15.0 Å². The van der Waals surface area contributed by atoms with E-state index in [1.807, 2.05) is 0 Å². The Bertz CT molecular complexity index is 902. The van der Waals surface area contributed by atoms with E-state index < -0.39 is 60.2 Å². The number of aromatic nitrogens is 1. The Balaban J connectivity index is 2.48. The van der Waals surface area contributed by atoms with E-state index in [1.54, 1.807) is 0 Å². The molecule has 3 unspecified atom stereocenters.